The average molecular weight is 550 g/mol. The number of aromatic carboxylic acids is 1. The van der Waals surface area contributed by atoms with E-state index in [1.54, 1.807) is 24.3 Å². The molecule has 7 heteroatoms. The highest BCUT2D eigenvalue weighted by molar-refractivity contribution is 6.30. The lowest BCUT2D eigenvalue weighted by molar-refractivity contribution is 0.0697. The molecule has 0 heterocycles. The van der Waals surface area contributed by atoms with Crippen LogP contribution in [0.3, 0.4) is 0 Å². The molecule has 0 saturated carbocycles. The molecule has 1 aliphatic carbocycles. The summed E-state index contributed by atoms with van der Waals surface area (Å²) in [6.07, 6.45) is 2.32. The van der Waals surface area contributed by atoms with Gasteiger partial charge in [0.2, 0.25) is 0 Å². The Morgan fingerprint density at radius 3 is 2.45 bits per heavy atom. The molecule has 196 valence electrons. The molecule has 5 rings (SSSR count). The van der Waals surface area contributed by atoms with Crippen LogP contribution in [0.4, 0.5) is 0 Å². The Morgan fingerprint density at radius 2 is 1.68 bits per heavy atom. The van der Waals surface area contributed by atoms with Gasteiger partial charge in [-0.1, -0.05) is 54.1 Å². The van der Waals surface area contributed by atoms with Gasteiger partial charge in [-0.25, -0.2) is 4.79 Å². The highest BCUT2D eigenvalue weighted by Crippen LogP contribution is 2.31. The Morgan fingerprint density at radius 1 is 0.921 bits per heavy atom. The number of aryl methyl sites for hydroxylation is 1. The van der Waals surface area contributed by atoms with Crippen molar-refractivity contribution in [2.75, 3.05) is 6.54 Å². The summed E-state index contributed by atoms with van der Waals surface area (Å²) in [6, 6.07) is 28.5. The molecule has 0 amide bonds. The van der Waals surface area contributed by atoms with Gasteiger partial charge >= 0.3 is 5.97 Å². The third kappa shape index (κ3) is 6.74. The first-order chi connectivity index (χ1) is 17.9. The zero-order valence-corrected chi connectivity index (χ0v) is 22.2. The number of aliphatic hydroxyl groups excluding tert-OH is 1. The van der Waals surface area contributed by atoms with E-state index >= 15 is 0 Å². The molecular weight excluding hydrogens is 521 g/mol. The van der Waals surface area contributed by atoms with Gasteiger partial charge in [-0.15, -0.1) is 12.4 Å². The van der Waals surface area contributed by atoms with Gasteiger partial charge in [-0.3, -0.25) is 0 Å². The van der Waals surface area contributed by atoms with E-state index in [1.165, 1.54) is 23.3 Å². The zero-order valence-electron chi connectivity index (χ0n) is 20.6. The molecule has 1 aliphatic rings. The van der Waals surface area contributed by atoms with Gasteiger partial charge in [0.25, 0.3) is 0 Å². The van der Waals surface area contributed by atoms with E-state index < -0.39 is 12.1 Å². The van der Waals surface area contributed by atoms with E-state index in [2.05, 4.69) is 29.6 Å². The summed E-state index contributed by atoms with van der Waals surface area (Å²) in [5.74, 6) is 0.310. The number of hydrogen-bond acceptors (Lipinski definition) is 4. The number of hydrogen-bond donors (Lipinski definition) is 3. The highest BCUT2D eigenvalue weighted by Gasteiger charge is 2.20. The van der Waals surface area contributed by atoms with Crippen molar-refractivity contribution in [1.29, 1.82) is 0 Å². The molecule has 0 aromatic heterocycles. The van der Waals surface area contributed by atoms with E-state index in [0.717, 1.165) is 36.0 Å². The minimum absolute atomic E-state index is 0. The molecule has 0 bridgehead atoms. The second-order valence-corrected chi connectivity index (χ2v) is 9.80. The first-order valence-electron chi connectivity index (χ1n) is 12.3. The second-order valence-electron chi connectivity index (χ2n) is 9.36. The number of benzene rings is 4. The third-order valence-corrected chi connectivity index (χ3v) is 7.01. The lowest BCUT2D eigenvalue weighted by atomic mass is 9.86. The maximum atomic E-state index is 11.1. The molecule has 0 spiro atoms. The van der Waals surface area contributed by atoms with Crippen molar-refractivity contribution in [3.63, 3.8) is 0 Å². The molecule has 0 unspecified atom stereocenters. The van der Waals surface area contributed by atoms with Crippen LogP contribution < -0.4 is 10.1 Å². The molecule has 5 nitrogen and oxygen atoms in total. The predicted molar refractivity (Wildman–Crippen MR) is 153 cm³/mol. The van der Waals surface area contributed by atoms with Crippen molar-refractivity contribution in [1.82, 2.24) is 5.32 Å². The SMILES string of the molecule is Cl.O=C(O)c1ccc(Oc2cccc(-c3ccc4c(c3)C[C@@H](NC[C@@H](O)c3cccc(Cl)c3)CC4)c2)cc1. The van der Waals surface area contributed by atoms with Crippen LogP contribution in [0.1, 0.15) is 39.6 Å². The molecule has 4 aromatic carbocycles. The summed E-state index contributed by atoms with van der Waals surface area (Å²) < 4.78 is 5.97. The van der Waals surface area contributed by atoms with Crippen LogP contribution in [-0.2, 0) is 12.8 Å². The first kappa shape index (κ1) is 27.7. The van der Waals surface area contributed by atoms with Crippen LogP contribution in [-0.4, -0.2) is 28.8 Å². The van der Waals surface area contributed by atoms with Gasteiger partial charge in [0, 0.05) is 17.6 Å². The number of carboxylic acid groups (broad SMARTS) is 1. The summed E-state index contributed by atoms with van der Waals surface area (Å²) in [6.45, 7) is 0.479. The van der Waals surface area contributed by atoms with Crippen LogP contribution in [0.5, 0.6) is 11.5 Å². The molecule has 3 N–H and O–H groups in total. The lowest BCUT2D eigenvalue weighted by Crippen LogP contribution is -2.37. The van der Waals surface area contributed by atoms with Gasteiger partial charge in [0.15, 0.2) is 0 Å². The minimum atomic E-state index is -0.962. The second kappa shape index (κ2) is 12.5. The summed E-state index contributed by atoms with van der Waals surface area (Å²) in [5.41, 5.74) is 5.89. The number of ether oxygens (including phenoxy) is 1. The van der Waals surface area contributed by atoms with Gasteiger partial charge in [-0.05, 0) is 95.6 Å². The monoisotopic (exact) mass is 549 g/mol. The van der Waals surface area contributed by atoms with Gasteiger partial charge in [-0.2, -0.15) is 0 Å². The van der Waals surface area contributed by atoms with E-state index in [0.29, 0.717) is 29.1 Å². The van der Waals surface area contributed by atoms with Crippen molar-refractivity contribution in [3.05, 3.63) is 118 Å². The van der Waals surface area contributed by atoms with Crippen LogP contribution >= 0.6 is 24.0 Å². The summed E-state index contributed by atoms with van der Waals surface area (Å²) in [4.78, 5) is 11.1. The zero-order chi connectivity index (χ0) is 25.8. The quantitative estimate of drug-likeness (QED) is 0.218. The number of carboxylic acids is 1. The fraction of sp³-hybridized carbons (Fsp3) is 0.194. The van der Waals surface area contributed by atoms with Gasteiger partial charge < -0.3 is 20.3 Å². The molecule has 0 fully saturated rings. The summed E-state index contributed by atoms with van der Waals surface area (Å²) in [7, 11) is 0. The van der Waals surface area contributed by atoms with Gasteiger partial charge in [0.1, 0.15) is 11.5 Å². The smallest absolute Gasteiger partial charge is 0.335 e. The standard InChI is InChI=1S/C31H28ClNO4.ClH/c32-26-5-1-4-24(16-26)30(34)19-33-27-12-9-20-7-8-23(15-25(20)17-27)22-3-2-6-29(18-22)37-28-13-10-21(11-14-28)31(35)36;/h1-8,10-11,13-16,18,27,30,33-34H,9,12,17,19H2,(H,35,36);1H/t27-,30+;/m0./s1. The maximum absolute atomic E-state index is 11.1. The van der Waals surface area contributed by atoms with Gasteiger partial charge in [0.05, 0.1) is 11.7 Å². The van der Waals surface area contributed by atoms with Crippen molar-refractivity contribution >= 4 is 30.0 Å². The van der Waals surface area contributed by atoms with Crippen LogP contribution in [0, 0.1) is 0 Å². The number of rotatable bonds is 8. The Kier molecular flexibility index (Phi) is 9.08. The number of carbonyl (C=O) groups is 1. The molecule has 0 saturated heterocycles. The van der Waals surface area contributed by atoms with Crippen molar-refractivity contribution in [2.45, 2.75) is 31.4 Å². The topological polar surface area (TPSA) is 78.8 Å². The van der Waals surface area contributed by atoms with Crippen molar-refractivity contribution in [3.8, 4) is 22.6 Å². The van der Waals surface area contributed by atoms with Crippen LogP contribution in [0.25, 0.3) is 11.1 Å². The van der Waals surface area contributed by atoms with Crippen molar-refractivity contribution in [2.24, 2.45) is 0 Å². The molecule has 38 heavy (non-hydrogen) atoms. The number of nitrogens with one attached hydrogen (secondary N) is 1. The van der Waals surface area contributed by atoms with E-state index in [-0.39, 0.29) is 18.0 Å². The Hall–Kier alpha value is -3.35. The fourth-order valence-electron chi connectivity index (χ4n) is 4.76. The fourth-order valence-corrected chi connectivity index (χ4v) is 4.96. The Balaban J connectivity index is 0.00000336. The molecule has 2 atom stereocenters. The number of fused-ring (bicyclic) bond motifs is 1. The van der Waals surface area contributed by atoms with E-state index in [9.17, 15) is 9.90 Å². The van der Waals surface area contributed by atoms with Crippen molar-refractivity contribution < 1.29 is 19.7 Å². The molecular formula is C31H29Cl2NO4. The lowest BCUT2D eigenvalue weighted by Gasteiger charge is -2.27. The largest absolute Gasteiger partial charge is 0.478 e. The Labute approximate surface area is 233 Å². The summed E-state index contributed by atoms with van der Waals surface area (Å²) >= 11 is 6.07. The third-order valence-electron chi connectivity index (χ3n) is 6.77. The number of aliphatic hydroxyl groups is 1. The molecule has 4 aromatic rings. The first-order valence-corrected chi connectivity index (χ1v) is 12.7. The minimum Gasteiger partial charge on any atom is -0.478 e. The average Bonchev–Trinajstić information content (AvgIpc) is 2.91. The van der Waals surface area contributed by atoms with Crippen LogP contribution in [0.15, 0.2) is 91.0 Å². The summed E-state index contributed by atoms with van der Waals surface area (Å²) in [5, 5.41) is 23.8. The maximum Gasteiger partial charge on any atom is 0.335 e. The normalized spacial score (nSPS) is 15.2. The molecule has 0 radical (unpaired) electrons. The highest BCUT2D eigenvalue weighted by atomic mass is 35.5. The Bertz CT molecular complexity index is 1410. The van der Waals surface area contributed by atoms with E-state index in [4.69, 9.17) is 21.4 Å². The van der Waals surface area contributed by atoms with Crippen LogP contribution in [0.2, 0.25) is 5.02 Å². The number of halogens is 2. The predicted octanol–water partition coefficient (Wildman–Crippen LogP) is 7.10. The molecule has 0 aliphatic heterocycles. The van der Waals surface area contributed by atoms with E-state index in [1.807, 2.05) is 30.3 Å².